The summed E-state index contributed by atoms with van der Waals surface area (Å²) in [4.78, 5) is 2.55. The number of fused-ring (bicyclic) bond motifs is 9. The molecule has 0 atom stereocenters. The van der Waals surface area contributed by atoms with Crippen molar-refractivity contribution in [3.63, 3.8) is 0 Å². The summed E-state index contributed by atoms with van der Waals surface area (Å²) in [5.74, 6) is 2.87. The zero-order chi connectivity index (χ0) is 44.3. The van der Waals surface area contributed by atoms with E-state index in [1.54, 1.807) is 0 Å². The minimum absolute atomic E-state index is 0.0837. The Balaban J connectivity index is 0.978. The molecule has 1 spiro atoms. The molecule has 1 nitrogen and oxygen atoms in total. The summed E-state index contributed by atoms with van der Waals surface area (Å²) in [6.07, 6.45) is 6.66. The molecule has 0 aromatic heterocycles. The molecule has 0 unspecified atom stereocenters. The zero-order valence-corrected chi connectivity index (χ0v) is 39.1. The number of rotatable bonds is 5. The van der Waals surface area contributed by atoms with Crippen LogP contribution in [0.5, 0.6) is 0 Å². The summed E-state index contributed by atoms with van der Waals surface area (Å²) in [6.45, 7) is 9.58. The van der Waals surface area contributed by atoms with Crippen LogP contribution in [0, 0.1) is 23.7 Å². The van der Waals surface area contributed by atoms with Gasteiger partial charge in [-0.2, -0.15) is 0 Å². The first-order valence-corrected chi connectivity index (χ1v) is 24.9. The van der Waals surface area contributed by atoms with Crippen LogP contribution in [0.4, 0.5) is 17.1 Å². The molecule has 7 aliphatic carbocycles. The van der Waals surface area contributed by atoms with Gasteiger partial charge in [-0.05, 0) is 188 Å². The first-order chi connectivity index (χ1) is 32.1. The molecule has 66 heavy (non-hydrogen) atoms. The number of anilines is 3. The van der Waals surface area contributed by atoms with Crippen molar-refractivity contribution >= 4 is 28.7 Å². The van der Waals surface area contributed by atoms with Crippen molar-refractivity contribution in [2.24, 2.45) is 23.7 Å². The van der Waals surface area contributed by atoms with Gasteiger partial charge in [-0.3, -0.25) is 0 Å². The highest BCUT2D eigenvalue weighted by Crippen LogP contribution is 2.71. The molecule has 0 radical (unpaired) electrons. The largest absolute Gasteiger partial charge is 0.310 e. The third-order valence-electron chi connectivity index (χ3n) is 17.9. The average Bonchev–Trinajstić information content (AvgIpc) is 3.85. The highest BCUT2D eigenvalue weighted by molar-refractivity contribution is 6.34. The molecule has 322 valence electrons. The fraction of sp³-hybridized carbons (Fsp3) is 0.250. The maximum Gasteiger partial charge on any atom is 0.0508 e. The Labute approximate surface area is 395 Å². The van der Waals surface area contributed by atoms with Crippen LogP contribution >= 0.6 is 11.6 Å². The van der Waals surface area contributed by atoms with Crippen LogP contribution in [0.25, 0.3) is 55.6 Å². The van der Waals surface area contributed by atoms with E-state index in [0.717, 1.165) is 22.5 Å². The second-order valence-electron chi connectivity index (χ2n) is 21.9. The fourth-order valence-corrected chi connectivity index (χ4v) is 15.5. The number of hydrogen-bond donors (Lipinski definition) is 0. The van der Waals surface area contributed by atoms with Gasteiger partial charge in [0.2, 0.25) is 0 Å². The molecule has 8 aromatic carbocycles. The number of nitrogens with zero attached hydrogens (tertiary/aromatic N) is 1. The number of benzene rings is 8. The highest BCUT2D eigenvalue weighted by atomic mass is 35.5. The van der Waals surface area contributed by atoms with E-state index in [1.165, 1.54) is 132 Å². The summed E-state index contributed by atoms with van der Waals surface area (Å²) in [5.41, 5.74) is 24.8. The van der Waals surface area contributed by atoms with E-state index in [1.807, 2.05) is 0 Å². The third-order valence-corrected chi connectivity index (χ3v) is 18.2. The minimum atomic E-state index is -0.130. The lowest BCUT2D eigenvalue weighted by molar-refractivity contribution is -0.0399. The van der Waals surface area contributed by atoms with E-state index in [2.05, 4.69) is 202 Å². The van der Waals surface area contributed by atoms with Gasteiger partial charge < -0.3 is 4.90 Å². The Morgan fingerprint density at radius 2 is 0.864 bits per heavy atom. The van der Waals surface area contributed by atoms with Crippen molar-refractivity contribution in [1.82, 2.24) is 0 Å². The van der Waals surface area contributed by atoms with Crippen molar-refractivity contribution in [3.8, 4) is 55.6 Å². The second kappa shape index (κ2) is 13.7. The normalized spacial score (nSPS) is 23.5. The lowest BCUT2D eigenvalue weighted by Gasteiger charge is -2.61. The first kappa shape index (κ1) is 39.1. The Morgan fingerprint density at radius 1 is 0.379 bits per heavy atom. The van der Waals surface area contributed by atoms with Crippen LogP contribution in [-0.4, -0.2) is 0 Å². The number of halogens is 1. The van der Waals surface area contributed by atoms with Crippen molar-refractivity contribution in [1.29, 1.82) is 0 Å². The molecule has 15 rings (SSSR count). The van der Waals surface area contributed by atoms with Crippen molar-refractivity contribution in [2.45, 2.75) is 76.0 Å². The predicted octanol–water partition coefficient (Wildman–Crippen LogP) is 17.5. The molecule has 4 saturated carbocycles. The van der Waals surface area contributed by atoms with Crippen LogP contribution in [0.1, 0.15) is 93.2 Å². The van der Waals surface area contributed by atoms with Gasteiger partial charge in [0.05, 0.1) is 5.02 Å². The van der Waals surface area contributed by atoms with Crippen molar-refractivity contribution in [2.75, 3.05) is 4.90 Å². The van der Waals surface area contributed by atoms with Gasteiger partial charge in [0.15, 0.2) is 0 Å². The summed E-state index contributed by atoms with van der Waals surface area (Å²) in [5, 5.41) is 0.862. The van der Waals surface area contributed by atoms with Crippen molar-refractivity contribution < 1.29 is 0 Å². The zero-order valence-electron chi connectivity index (χ0n) is 38.3. The van der Waals surface area contributed by atoms with E-state index >= 15 is 0 Å². The molecule has 2 heteroatoms. The van der Waals surface area contributed by atoms with Gasteiger partial charge in [0, 0.05) is 38.9 Å². The Hall–Kier alpha value is -6.15. The van der Waals surface area contributed by atoms with Gasteiger partial charge in [0.25, 0.3) is 0 Å². The van der Waals surface area contributed by atoms with Crippen LogP contribution < -0.4 is 4.90 Å². The topological polar surface area (TPSA) is 3.24 Å². The molecule has 8 aromatic rings. The van der Waals surface area contributed by atoms with Crippen molar-refractivity contribution in [3.05, 3.63) is 208 Å². The first-order valence-electron chi connectivity index (χ1n) is 24.5. The van der Waals surface area contributed by atoms with Gasteiger partial charge in [-0.25, -0.2) is 0 Å². The summed E-state index contributed by atoms with van der Waals surface area (Å²) >= 11 is 7.94. The lowest BCUT2D eigenvalue weighted by atomic mass is 9.43. The third kappa shape index (κ3) is 5.24. The molecule has 0 N–H and O–H groups in total. The SMILES string of the molecule is CC1(C)c2ccccc2-c2ccc(N(c3ccc4c(c3)C(C)(C)c3ccccc3-4)c3cc(Cl)c4c(c3)C3(c5cc(-c6cccc(-c7ccccc7)c6)ccc5-4)C4CC5CC(C4)CC3C5)cc21. The Kier molecular flexibility index (Phi) is 8.11. The van der Waals surface area contributed by atoms with Crippen LogP contribution in [-0.2, 0) is 16.2 Å². The summed E-state index contributed by atoms with van der Waals surface area (Å²) in [6, 6.07) is 64.8. The molecule has 7 aliphatic rings. The molecule has 0 amide bonds. The van der Waals surface area contributed by atoms with Crippen LogP contribution in [0.15, 0.2) is 170 Å². The average molecular weight is 873 g/mol. The Morgan fingerprint density at radius 3 is 1.47 bits per heavy atom. The van der Waals surface area contributed by atoms with Gasteiger partial charge >= 0.3 is 0 Å². The Bertz CT molecular complexity index is 3220. The molecular formula is C64H54ClN. The molecular weight excluding hydrogens is 818 g/mol. The van der Waals surface area contributed by atoms with Crippen LogP contribution in [0.2, 0.25) is 5.02 Å². The van der Waals surface area contributed by atoms with E-state index in [9.17, 15) is 0 Å². The summed E-state index contributed by atoms with van der Waals surface area (Å²) in [7, 11) is 0. The lowest BCUT2D eigenvalue weighted by Crippen LogP contribution is -2.55. The monoisotopic (exact) mass is 871 g/mol. The maximum atomic E-state index is 7.94. The molecule has 0 aliphatic heterocycles. The molecule has 4 fully saturated rings. The molecule has 0 heterocycles. The maximum absolute atomic E-state index is 7.94. The van der Waals surface area contributed by atoms with Gasteiger partial charge in [-0.1, -0.05) is 161 Å². The smallest absolute Gasteiger partial charge is 0.0508 e. The summed E-state index contributed by atoms with van der Waals surface area (Å²) < 4.78 is 0. The van der Waals surface area contributed by atoms with Crippen LogP contribution in [0.3, 0.4) is 0 Å². The predicted molar refractivity (Wildman–Crippen MR) is 275 cm³/mol. The van der Waals surface area contributed by atoms with E-state index < -0.39 is 0 Å². The van der Waals surface area contributed by atoms with Gasteiger partial charge in [-0.15, -0.1) is 0 Å². The van der Waals surface area contributed by atoms with E-state index in [0.29, 0.717) is 11.8 Å². The number of hydrogen-bond acceptors (Lipinski definition) is 1. The van der Waals surface area contributed by atoms with E-state index in [4.69, 9.17) is 11.6 Å². The fourth-order valence-electron chi connectivity index (χ4n) is 15.2. The quantitative estimate of drug-likeness (QED) is 0.167. The standard InChI is InChI=1S/C64H54ClN/c1-62(2)54-19-10-8-17-49(54)51-25-22-46(34-56(51)62)66(47-23-26-52-50-18-9-11-20-55(50)63(3,4)57(52)35-47)48-36-59-61(60(65)37-48)53-24-21-43(42-16-12-15-41(32-42)40-13-6-5-7-14-40)33-58(53)64(59)44-28-38-27-39(30-44)31-45(64)29-38/h5-26,32-39,44-45H,27-31H2,1-4H3. The second-order valence-corrected chi connectivity index (χ2v) is 22.3. The molecule has 4 bridgehead atoms. The minimum Gasteiger partial charge on any atom is -0.310 e. The highest BCUT2D eigenvalue weighted by Gasteiger charge is 2.62. The van der Waals surface area contributed by atoms with E-state index in [-0.39, 0.29) is 16.2 Å². The molecule has 0 saturated heterocycles. The van der Waals surface area contributed by atoms with Gasteiger partial charge in [0.1, 0.15) is 0 Å².